The maximum atomic E-state index is 9.22. The molecule has 19 heavy (non-hydrogen) atoms. The van der Waals surface area contributed by atoms with Gasteiger partial charge in [-0.1, -0.05) is 72.7 Å². The molecule has 2 aromatic carbocycles. The van der Waals surface area contributed by atoms with Crippen LogP contribution in [0.15, 0.2) is 65.8 Å². The van der Waals surface area contributed by atoms with Crippen LogP contribution in [0.3, 0.4) is 0 Å². The predicted octanol–water partition coefficient (Wildman–Crippen LogP) is 4.25. The van der Waals surface area contributed by atoms with E-state index in [1.807, 2.05) is 36.4 Å². The summed E-state index contributed by atoms with van der Waals surface area (Å²) >= 11 is 0. The van der Waals surface area contributed by atoms with Crippen LogP contribution in [0.2, 0.25) is 0 Å². The molecule has 2 aromatic rings. The first-order valence-corrected chi connectivity index (χ1v) is 6.61. The van der Waals surface area contributed by atoms with Gasteiger partial charge in [0.1, 0.15) is 0 Å². The first-order chi connectivity index (χ1) is 9.31. The van der Waals surface area contributed by atoms with E-state index in [4.69, 9.17) is 0 Å². The highest BCUT2D eigenvalue weighted by atomic mass is 16.4. The molecule has 0 fully saturated rings. The van der Waals surface area contributed by atoms with Crippen molar-refractivity contribution in [2.45, 2.75) is 25.7 Å². The number of hydrogen-bond donors (Lipinski definition) is 1. The van der Waals surface area contributed by atoms with Gasteiger partial charge in [0.2, 0.25) is 0 Å². The van der Waals surface area contributed by atoms with Crippen LogP contribution in [0.25, 0.3) is 0 Å². The normalized spacial score (nSPS) is 13.2. The molecule has 0 saturated heterocycles. The summed E-state index contributed by atoms with van der Waals surface area (Å²) in [5, 5.41) is 12.7. The summed E-state index contributed by atoms with van der Waals surface area (Å²) in [6, 6.07) is 20.4. The molecule has 1 N–H and O–H groups in total. The van der Waals surface area contributed by atoms with E-state index < -0.39 is 0 Å². The lowest BCUT2D eigenvalue weighted by Crippen LogP contribution is -2.10. The van der Waals surface area contributed by atoms with Gasteiger partial charge in [-0.3, -0.25) is 0 Å². The van der Waals surface area contributed by atoms with E-state index in [1.165, 1.54) is 11.1 Å². The van der Waals surface area contributed by atoms with Crippen molar-refractivity contribution in [3.63, 3.8) is 0 Å². The van der Waals surface area contributed by atoms with E-state index in [-0.39, 0.29) is 5.92 Å². The van der Waals surface area contributed by atoms with E-state index in [1.54, 1.807) is 0 Å². The molecular formula is C17H19NO. The number of benzene rings is 2. The van der Waals surface area contributed by atoms with Gasteiger partial charge < -0.3 is 5.21 Å². The Morgan fingerprint density at radius 1 is 1.00 bits per heavy atom. The molecule has 0 heterocycles. The molecule has 1 unspecified atom stereocenters. The summed E-state index contributed by atoms with van der Waals surface area (Å²) in [5.41, 5.74) is 3.28. The van der Waals surface area contributed by atoms with Gasteiger partial charge in [0.05, 0.1) is 5.71 Å². The Labute approximate surface area is 114 Å². The van der Waals surface area contributed by atoms with Crippen LogP contribution >= 0.6 is 0 Å². The van der Waals surface area contributed by atoms with Crippen LogP contribution < -0.4 is 0 Å². The Bertz CT molecular complexity index is 519. The highest BCUT2D eigenvalue weighted by Crippen LogP contribution is 2.19. The molecule has 0 saturated carbocycles. The molecule has 2 nitrogen and oxygen atoms in total. The first kappa shape index (κ1) is 13.3. The number of rotatable bonds is 5. The second kappa shape index (κ2) is 6.74. The molecule has 0 radical (unpaired) electrons. The summed E-state index contributed by atoms with van der Waals surface area (Å²) in [5.74, 6) is 0.148. The highest BCUT2D eigenvalue weighted by molar-refractivity contribution is 5.90. The second-order valence-electron chi connectivity index (χ2n) is 4.71. The Morgan fingerprint density at radius 2 is 1.58 bits per heavy atom. The highest BCUT2D eigenvalue weighted by Gasteiger charge is 2.13. The number of nitrogens with zero attached hydrogens (tertiary/aromatic N) is 1. The molecule has 0 spiro atoms. The third-order valence-electron chi connectivity index (χ3n) is 3.44. The van der Waals surface area contributed by atoms with E-state index in [0.29, 0.717) is 0 Å². The molecule has 0 amide bonds. The monoisotopic (exact) mass is 253 g/mol. The lowest BCUT2D eigenvalue weighted by molar-refractivity contribution is 0.315. The molecule has 0 bridgehead atoms. The molecule has 1 atom stereocenters. The largest absolute Gasteiger partial charge is 0.411 e. The van der Waals surface area contributed by atoms with Gasteiger partial charge in [-0.25, -0.2) is 0 Å². The quantitative estimate of drug-likeness (QED) is 0.482. The SMILES string of the molecule is CC(/C(CCc1ccccc1)=N\O)c1ccccc1. The van der Waals surface area contributed by atoms with Crippen molar-refractivity contribution in [1.82, 2.24) is 0 Å². The van der Waals surface area contributed by atoms with Gasteiger partial charge in [0.25, 0.3) is 0 Å². The van der Waals surface area contributed by atoms with Crippen molar-refractivity contribution in [3.8, 4) is 0 Å². The van der Waals surface area contributed by atoms with E-state index >= 15 is 0 Å². The standard InChI is InChI=1S/C17H19NO/c1-14(16-10-6-3-7-11-16)17(18-19)13-12-15-8-4-2-5-9-15/h2-11,14,19H,12-13H2,1H3/b18-17-. The van der Waals surface area contributed by atoms with Crippen LogP contribution in [0.5, 0.6) is 0 Å². The summed E-state index contributed by atoms with van der Waals surface area (Å²) in [7, 11) is 0. The molecule has 0 aliphatic rings. The smallest absolute Gasteiger partial charge is 0.0645 e. The summed E-state index contributed by atoms with van der Waals surface area (Å²) in [6.45, 7) is 2.08. The fraction of sp³-hybridized carbons (Fsp3) is 0.235. The lowest BCUT2D eigenvalue weighted by atomic mass is 9.92. The third-order valence-corrected chi connectivity index (χ3v) is 3.44. The number of oxime groups is 1. The van der Waals surface area contributed by atoms with Crippen LogP contribution in [-0.2, 0) is 6.42 Å². The Balaban J connectivity index is 2.01. The Kier molecular flexibility index (Phi) is 4.73. The van der Waals surface area contributed by atoms with Crippen molar-refractivity contribution >= 4 is 5.71 Å². The molecular weight excluding hydrogens is 234 g/mol. The van der Waals surface area contributed by atoms with Crippen molar-refractivity contribution in [1.29, 1.82) is 0 Å². The average molecular weight is 253 g/mol. The summed E-state index contributed by atoms with van der Waals surface area (Å²) in [4.78, 5) is 0. The van der Waals surface area contributed by atoms with Gasteiger partial charge in [0.15, 0.2) is 0 Å². The Morgan fingerprint density at radius 3 is 2.16 bits per heavy atom. The number of hydrogen-bond acceptors (Lipinski definition) is 2. The van der Waals surface area contributed by atoms with E-state index in [0.717, 1.165) is 18.6 Å². The summed E-state index contributed by atoms with van der Waals surface area (Å²) in [6.07, 6.45) is 1.67. The zero-order valence-corrected chi connectivity index (χ0v) is 11.2. The predicted molar refractivity (Wildman–Crippen MR) is 78.8 cm³/mol. The molecule has 98 valence electrons. The lowest BCUT2D eigenvalue weighted by Gasteiger charge is -2.13. The van der Waals surface area contributed by atoms with E-state index in [9.17, 15) is 5.21 Å². The van der Waals surface area contributed by atoms with Gasteiger partial charge >= 0.3 is 0 Å². The van der Waals surface area contributed by atoms with Crippen LogP contribution in [0, 0.1) is 0 Å². The topological polar surface area (TPSA) is 32.6 Å². The van der Waals surface area contributed by atoms with Crippen molar-refractivity contribution in [2.75, 3.05) is 0 Å². The van der Waals surface area contributed by atoms with Gasteiger partial charge in [0, 0.05) is 5.92 Å². The first-order valence-electron chi connectivity index (χ1n) is 6.61. The van der Waals surface area contributed by atoms with Crippen LogP contribution in [0.4, 0.5) is 0 Å². The maximum absolute atomic E-state index is 9.22. The molecule has 0 aromatic heterocycles. The molecule has 2 heteroatoms. The van der Waals surface area contributed by atoms with E-state index in [2.05, 4.69) is 36.3 Å². The average Bonchev–Trinajstić information content (AvgIpc) is 2.49. The minimum absolute atomic E-state index is 0.148. The maximum Gasteiger partial charge on any atom is 0.0645 e. The fourth-order valence-electron chi connectivity index (χ4n) is 2.20. The fourth-order valence-corrected chi connectivity index (χ4v) is 2.20. The van der Waals surface area contributed by atoms with Crippen molar-refractivity contribution in [2.24, 2.45) is 5.16 Å². The van der Waals surface area contributed by atoms with Gasteiger partial charge in [-0.2, -0.15) is 0 Å². The number of aryl methyl sites for hydroxylation is 1. The van der Waals surface area contributed by atoms with Gasteiger partial charge in [-0.05, 0) is 24.0 Å². The van der Waals surface area contributed by atoms with Gasteiger partial charge in [-0.15, -0.1) is 0 Å². The minimum atomic E-state index is 0.148. The van der Waals surface area contributed by atoms with Crippen LogP contribution in [0.1, 0.15) is 30.4 Å². The second-order valence-corrected chi connectivity index (χ2v) is 4.71. The summed E-state index contributed by atoms with van der Waals surface area (Å²) < 4.78 is 0. The molecule has 0 aliphatic heterocycles. The zero-order chi connectivity index (χ0) is 13.5. The van der Waals surface area contributed by atoms with Crippen molar-refractivity contribution < 1.29 is 5.21 Å². The Hall–Kier alpha value is -2.09. The minimum Gasteiger partial charge on any atom is -0.411 e. The van der Waals surface area contributed by atoms with Crippen LogP contribution in [-0.4, -0.2) is 10.9 Å². The van der Waals surface area contributed by atoms with Crippen molar-refractivity contribution in [3.05, 3.63) is 71.8 Å². The molecule has 0 aliphatic carbocycles. The molecule has 2 rings (SSSR count). The third kappa shape index (κ3) is 3.68. The zero-order valence-electron chi connectivity index (χ0n) is 11.2.